The van der Waals surface area contributed by atoms with Crippen molar-refractivity contribution < 1.29 is 21.6 Å². The molecule has 10 heteroatoms. The van der Waals surface area contributed by atoms with Gasteiger partial charge >= 0.3 is 0 Å². The molecule has 2 rings (SSSR count). The molecule has 0 aliphatic heterocycles. The fourth-order valence-corrected chi connectivity index (χ4v) is 3.84. The Morgan fingerprint density at radius 3 is 2.16 bits per heavy atom. The highest BCUT2D eigenvalue weighted by Crippen LogP contribution is 2.32. The van der Waals surface area contributed by atoms with Crippen molar-refractivity contribution in [2.45, 2.75) is 4.90 Å². The van der Waals surface area contributed by atoms with Crippen LogP contribution in [0.5, 0.6) is 5.75 Å². The number of ether oxygens (including phenoxy) is 1. The van der Waals surface area contributed by atoms with Crippen LogP contribution in [0.25, 0.3) is 0 Å². The van der Waals surface area contributed by atoms with E-state index in [1.165, 1.54) is 32.4 Å². The topological polar surface area (TPSA) is 92.8 Å². The van der Waals surface area contributed by atoms with Gasteiger partial charge in [-0.3, -0.25) is 9.03 Å². The summed E-state index contributed by atoms with van der Waals surface area (Å²) >= 11 is 3.28. The number of halogens is 1. The van der Waals surface area contributed by atoms with Crippen LogP contribution in [-0.2, 0) is 20.0 Å². The van der Waals surface area contributed by atoms with Crippen LogP contribution in [0, 0.1) is 0 Å². The highest BCUT2D eigenvalue weighted by molar-refractivity contribution is 9.10. The molecule has 0 heterocycles. The van der Waals surface area contributed by atoms with E-state index in [2.05, 4.69) is 20.7 Å². The van der Waals surface area contributed by atoms with E-state index in [-0.39, 0.29) is 16.3 Å². The minimum absolute atomic E-state index is 0.0817. The van der Waals surface area contributed by atoms with E-state index < -0.39 is 20.0 Å². The van der Waals surface area contributed by atoms with Gasteiger partial charge in [0.05, 0.1) is 23.9 Å². The van der Waals surface area contributed by atoms with Gasteiger partial charge in [0.2, 0.25) is 10.0 Å². The lowest BCUT2D eigenvalue weighted by molar-refractivity contribution is 0.415. The zero-order valence-corrected chi connectivity index (χ0v) is 16.9. The maximum absolute atomic E-state index is 12.6. The van der Waals surface area contributed by atoms with E-state index in [9.17, 15) is 16.8 Å². The molecule has 2 aromatic rings. The van der Waals surface area contributed by atoms with Crippen molar-refractivity contribution in [3.05, 3.63) is 46.9 Å². The highest BCUT2D eigenvalue weighted by atomic mass is 79.9. The molecule has 25 heavy (non-hydrogen) atoms. The number of anilines is 2. The van der Waals surface area contributed by atoms with E-state index in [0.29, 0.717) is 5.69 Å². The number of methoxy groups -OCH3 is 1. The van der Waals surface area contributed by atoms with Crippen LogP contribution in [0.2, 0.25) is 0 Å². The largest absolute Gasteiger partial charge is 0.495 e. The molecule has 0 aliphatic rings. The average molecular weight is 449 g/mol. The second kappa shape index (κ2) is 7.22. The lowest BCUT2D eigenvalue weighted by Gasteiger charge is -2.20. The van der Waals surface area contributed by atoms with E-state index in [1.807, 2.05) is 0 Å². The first-order valence-corrected chi connectivity index (χ1v) is 11.1. The van der Waals surface area contributed by atoms with Gasteiger partial charge in [-0.2, -0.15) is 0 Å². The summed E-state index contributed by atoms with van der Waals surface area (Å²) in [4.78, 5) is -0.0817. The van der Waals surface area contributed by atoms with Crippen LogP contribution in [0.4, 0.5) is 11.4 Å². The molecule has 0 atom stereocenters. The summed E-state index contributed by atoms with van der Waals surface area (Å²) in [5, 5.41) is 0. The normalized spacial score (nSPS) is 11.8. The molecule has 7 nitrogen and oxygen atoms in total. The van der Waals surface area contributed by atoms with Gasteiger partial charge in [-0.1, -0.05) is 15.9 Å². The molecule has 0 aromatic heterocycles. The zero-order valence-electron chi connectivity index (χ0n) is 13.7. The summed E-state index contributed by atoms with van der Waals surface area (Å²) in [6.07, 6.45) is 1.02. The van der Waals surface area contributed by atoms with Gasteiger partial charge in [0.1, 0.15) is 5.75 Å². The summed E-state index contributed by atoms with van der Waals surface area (Å²) in [5.41, 5.74) is 0.515. The van der Waals surface area contributed by atoms with Crippen LogP contribution in [0.15, 0.2) is 51.8 Å². The molecule has 0 spiro atoms. The van der Waals surface area contributed by atoms with Gasteiger partial charge < -0.3 is 4.74 Å². The van der Waals surface area contributed by atoms with Crippen molar-refractivity contribution in [1.29, 1.82) is 0 Å². The fraction of sp³-hybridized carbons (Fsp3) is 0.200. The summed E-state index contributed by atoms with van der Waals surface area (Å²) in [6.45, 7) is 0. The zero-order chi connectivity index (χ0) is 18.8. The first kappa shape index (κ1) is 19.5. The Hall–Kier alpha value is -1.78. The Balaban J connectivity index is 2.46. The molecular weight excluding hydrogens is 432 g/mol. The van der Waals surface area contributed by atoms with Gasteiger partial charge in [0, 0.05) is 17.2 Å². The van der Waals surface area contributed by atoms with E-state index >= 15 is 0 Å². The smallest absolute Gasteiger partial charge is 0.261 e. The van der Waals surface area contributed by atoms with Gasteiger partial charge in [-0.25, -0.2) is 16.8 Å². The fourth-order valence-electron chi connectivity index (χ4n) is 1.99. The van der Waals surface area contributed by atoms with Crippen molar-refractivity contribution in [3.63, 3.8) is 0 Å². The molecule has 136 valence electrons. The summed E-state index contributed by atoms with van der Waals surface area (Å²) in [5.74, 6) is 0.246. The molecule has 0 radical (unpaired) electrons. The van der Waals surface area contributed by atoms with Crippen LogP contribution in [0.1, 0.15) is 0 Å². The number of sulfonamides is 2. The first-order chi connectivity index (χ1) is 11.5. The molecule has 0 saturated carbocycles. The maximum atomic E-state index is 12.6. The van der Waals surface area contributed by atoms with Gasteiger partial charge in [0.25, 0.3) is 10.0 Å². The Morgan fingerprint density at radius 2 is 1.64 bits per heavy atom. The number of nitrogens with zero attached hydrogens (tertiary/aromatic N) is 1. The van der Waals surface area contributed by atoms with Gasteiger partial charge in [-0.05, 0) is 42.5 Å². The monoisotopic (exact) mass is 448 g/mol. The molecule has 1 N–H and O–H groups in total. The predicted molar refractivity (Wildman–Crippen MR) is 101 cm³/mol. The molecule has 0 bridgehead atoms. The average Bonchev–Trinajstić information content (AvgIpc) is 2.54. The second-order valence-electron chi connectivity index (χ2n) is 5.18. The Labute approximate surface area is 155 Å². The minimum Gasteiger partial charge on any atom is -0.495 e. The van der Waals surface area contributed by atoms with Crippen LogP contribution < -0.4 is 13.8 Å². The van der Waals surface area contributed by atoms with Crippen LogP contribution >= 0.6 is 15.9 Å². The standard InChI is InChI=1S/C15H17BrN2O5S2/c1-18(24(3,19)20)14-10-13(8-9-15(14)23-2)25(21,22)17-12-6-4-11(16)5-7-12/h4-10,17H,1-3H3. The van der Waals surface area contributed by atoms with Gasteiger partial charge in [-0.15, -0.1) is 0 Å². The highest BCUT2D eigenvalue weighted by Gasteiger charge is 2.21. The number of benzene rings is 2. The predicted octanol–water partition coefficient (Wildman–Crippen LogP) is 2.65. The molecule has 0 fully saturated rings. The SMILES string of the molecule is COc1ccc(S(=O)(=O)Nc2ccc(Br)cc2)cc1N(C)S(C)(=O)=O. The summed E-state index contributed by atoms with van der Waals surface area (Å²) < 4.78 is 58.1. The number of hydrogen-bond acceptors (Lipinski definition) is 5. The van der Waals surface area contributed by atoms with Crippen LogP contribution in [-0.4, -0.2) is 37.2 Å². The van der Waals surface area contributed by atoms with E-state index in [1.54, 1.807) is 24.3 Å². The number of rotatable bonds is 6. The van der Waals surface area contributed by atoms with Crippen molar-refractivity contribution in [2.24, 2.45) is 0 Å². The third-order valence-corrected chi connectivity index (χ3v) is 6.49. The maximum Gasteiger partial charge on any atom is 0.261 e. The summed E-state index contributed by atoms with van der Waals surface area (Å²) in [6, 6.07) is 10.6. The Morgan fingerprint density at radius 1 is 1.04 bits per heavy atom. The number of nitrogens with one attached hydrogen (secondary N) is 1. The molecule has 0 saturated heterocycles. The molecule has 0 amide bonds. The quantitative estimate of drug-likeness (QED) is 0.732. The second-order valence-corrected chi connectivity index (χ2v) is 9.79. The third-order valence-electron chi connectivity index (χ3n) is 3.39. The lowest BCUT2D eigenvalue weighted by atomic mass is 10.3. The number of hydrogen-bond donors (Lipinski definition) is 1. The third kappa shape index (κ3) is 4.65. The molecule has 0 aliphatic carbocycles. The van der Waals surface area contributed by atoms with E-state index in [0.717, 1.165) is 15.0 Å². The Bertz CT molecular complexity index is 973. The molecule has 2 aromatic carbocycles. The van der Waals surface area contributed by atoms with Crippen LogP contribution in [0.3, 0.4) is 0 Å². The Kier molecular flexibility index (Phi) is 5.65. The van der Waals surface area contributed by atoms with Crippen molar-refractivity contribution in [3.8, 4) is 5.75 Å². The van der Waals surface area contributed by atoms with Crippen molar-refractivity contribution in [2.75, 3.05) is 29.4 Å². The van der Waals surface area contributed by atoms with E-state index in [4.69, 9.17) is 4.74 Å². The lowest BCUT2D eigenvalue weighted by Crippen LogP contribution is -2.25. The molecular formula is C15H17BrN2O5S2. The molecule has 0 unspecified atom stereocenters. The van der Waals surface area contributed by atoms with Crippen molar-refractivity contribution >= 4 is 47.4 Å². The van der Waals surface area contributed by atoms with Gasteiger partial charge in [0.15, 0.2) is 0 Å². The minimum atomic E-state index is -3.90. The first-order valence-electron chi connectivity index (χ1n) is 6.95. The van der Waals surface area contributed by atoms with Crippen molar-refractivity contribution in [1.82, 2.24) is 0 Å². The summed E-state index contributed by atoms with van der Waals surface area (Å²) in [7, 11) is -4.77.